The highest BCUT2D eigenvalue weighted by Crippen LogP contribution is 2.38. The molecule has 0 bridgehead atoms. The molecule has 43 heavy (non-hydrogen) atoms. The number of ether oxygens (including phenoxy) is 3. The molecule has 1 aromatic heterocycles. The maximum absolute atomic E-state index is 13.2. The Balaban J connectivity index is 1.60. The number of nitrogens with zero attached hydrogens (tertiary/aromatic N) is 2. The fourth-order valence-electron chi connectivity index (χ4n) is 4.10. The predicted octanol–water partition coefficient (Wildman–Crippen LogP) is 5.86. The van der Waals surface area contributed by atoms with Crippen molar-refractivity contribution in [1.29, 1.82) is 0 Å². The SMILES string of the molecule is CSc1ccc(CN(CC(=O)OC(Cc2c(Cl)c[n+]([O-])cc2Cl)c2ccc(OC(F)F)c(OCC3CC3)c2)S(=O)[O-])cc1. The van der Waals surface area contributed by atoms with Crippen LogP contribution in [0.4, 0.5) is 8.78 Å². The van der Waals surface area contributed by atoms with Crippen LogP contribution in [0.1, 0.15) is 35.6 Å². The normalized spacial score (nSPS) is 14.5. The molecule has 1 saturated carbocycles. The van der Waals surface area contributed by atoms with Gasteiger partial charge in [-0.3, -0.25) is 9.00 Å². The maximum Gasteiger partial charge on any atom is 0.387 e. The number of carbonyl (C=O) groups excluding carboxylic acids is 1. The number of esters is 1. The number of carbonyl (C=O) groups is 1. The zero-order valence-electron chi connectivity index (χ0n) is 22.8. The van der Waals surface area contributed by atoms with Crippen LogP contribution in [0.3, 0.4) is 0 Å². The summed E-state index contributed by atoms with van der Waals surface area (Å²) in [6, 6.07) is 11.3. The summed E-state index contributed by atoms with van der Waals surface area (Å²) in [6.45, 7) is -3.51. The molecule has 0 amide bonds. The van der Waals surface area contributed by atoms with E-state index in [9.17, 15) is 27.5 Å². The summed E-state index contributed by atoms with van der Waals surface area (Å²) < 4.78 is 67.6. The van der Waals surface area contributed by atoms with Gasteiger partial charge in [-0.1, -0.05) is 41.4 Å². The van der Waals surface area contributed by atoms with Gasteiger partial charge in [0, 0.05) is 34.7 Å². The van der Waals surface area contributed by atoms with E-state index in [1.165, 1.54) is 30.0 Å². The van der Waals surface area contributed by atoms with Gasteiger partial charge in [0.2, 0.25) is 0 Å². The van der Waals surface area contributed by atoms with E-state index in [1.807, 2.05) is 18.4 Å². The topological polar surface area (TPSA) is 115 Å². The van der Waals surface area contributed by atoms with Gasteiger partial charge >= 0.3 is 12.6 Å². The largest absolute Gasteiger partial charge is 0.760 e. The summed E-state index contributed by atoms with van der Waals surface area (Å²) in [5, 5.41) is 11.8. The van der Waals surface area contributed by atoms with Gasteiger partial charge in [0.15, 0.2) is 23.9 Å². The van der Waals surface area contributed by atoms with Crippen molar-refractivity contribution in [2.24, 2.45) is 5.92 Å². The van der Waals surface area contributed by atoms with Crippen molar-refractivity contribution in [3.63, 3.8) is 0 Å². The molecule has 232 valence electrons. The number of alkyl halides is 2. The number of hydrogen-bond acceptors (Lipinski definition) is 8. The Bertz CT molecular complexity index is 1430. The Morgan fingerprint density at radius 2 is 1.81 bits per heavy atom. The first-order valence-corrected chi connectivity index (χ1v) is 16.0. The minimum atomic E-state index is -3.10. The minimum absolute atomic E-state index is 0.00221. The summed E-state index contributed by atoms with van der Waals surface area (Å²) in [6.07, 6.45) is 4.72. The molecule has 2 atom stereocenters. The van der Waals surface area contributed by atoms with Gasteiger partial charge in [-0.2, -0.15) is 13.5 Å². The smallest absolute Gasteiger partial charge is 0.387 e. The molecule has 0 N–H and O–H groups in total. The molecule has 9 nitrogen and oxygen atoms in total. The minimum Gasteiger partial charge on any atom is -0.760 e. The number of hydrogen-bond donors (Lipinski definition) is 0. The molecule has 1 fully saturated rings. The van der Waals surface area contributed by atoms with Gasteiger partial charge in [0.25, 0.3) is 0 Å². The summed E-state index contributed by atoms with van der Waals surface area (Å²) in [4.78, 5) is 14.1. The summed E-state index contributed by atoms with van der Waals surface area (Å²) in [5.41, 5.74) is 1.25. The lowest BCUT2D eigenvalue weighted by Gasteiger charge is -2.26. The van der Waals surface area contributed by atoms with Crippen molar-refractivity contribution < 1.29 is 41.3 Å². The number of aromatic nitrogens is 1. The molecule has 1 heterocycles. The van der Waals surface area contributed by atoms with Crippen molar-refractivity contribution in [2.45, 2.75) is 43.4 Å². The number of pyridine rings is 1. The fraction of sp³-hybridized carbons (Fsp3) is 0.357. The highest BCUT2D eigenvalue weighted by atomic mass is 35.5. The summed E-state index contributed by atoms with van der Waals surface area (Å²) >= 11 is 11.3. The van der Waals surface area contributed by atoms with E-state index in [-0.39, 0.29) is 46.7 Å². The molecule has 1 aliphatic carbocycles. The van der Waals surface area contributed by atoms with Crippen LogP contribution in [0, 0.1) is 11.1 Å². The van der Waals surface area contributed by atoms with Crippen LogP contribution in [-0.2, 0) is 33.8 Å². The Kier molecular flexibility index (Phi) is 11.9. The Morgan fingerprint density at radius 3 is 2.40 bits per heavy atom. The maximum atomic E-state index is 13.2. The zero-order valence-corrected chi connectivity index (χ0v) is 25.9. The van der Waals surface area contributed by atoms with E-state index in [4.69, 9.17) is 32.7 Å². The number of thioether (sulfide) groups is 1. The van der Waals surface area contributed by atoms with Crippen LogP contribution in [-0.4, -0.2) is 45.1 Å². The van der Waals surface area contributed by atoms with Crippen molar-refractivity contribution in [3.05, 3.63) is 86.8 Å². The standard InChI is InChI=1S/C28H28Cl2F2N2O7S2/c1-42-20-7-4-17(5-8-20)12-34(43(37)38)15-27(35)40-25(11-21-22(29)13-33(36)14-23(21)30)19-6-9-24(41-28(31)32)26(10-19)39-16-18-2-3-18/h4-10,13-14,18,25,28H,2-3,11-12,15-16H2,1H3,(H,37,38)/p-1. The molecule has 4 rings (SSSR count). The van der Waals surface area contributed by atoms with E-state index in [0.29, 0.717) is 21.8 Å². The van der Waals surface area contributed by atoms with Gasteiger partial charge < -0.3 is 24.0 Å². The number of rotatable bonds is 15. The molecule has 0 radical (unpaired) electrons. The van der Waals surface area contributed by atoms with Gasteiger partial charge in [-0.25, -0.2) is 4.31 Å². The van der Waals surface area contributed by atoms with Crippen LogP contribution in [0.5, 0.6) is 11.5 Å². The second-order valence-corrected chi connectivity index (χ2v) is 12.3. The van der Waals surface area contributed by atoms with E-state index >= 15 is 0 Å². The van der Waals surface area contributed by atoms with E-state index in [0.717, 1.165) is 34.4 Å². The average molecular weight is 677 g/mol. The molecule has 3 aromatic rings. The molecule has 15 heteroatoms. The number of benzene rings is 2. The van der Waals surface area contributed by atoms with E-state index < -0.39 is 36.5 Å². The van der Waals surface area contributed by atoms with Gasteiger partial charge in [-0.05, 0) is 60.4 Å². The van der Waals surface area contributed by atoms with E-state index in [2.05, 4.69) is 4.74 Å². The lowest BCUT2D eigenvalue weighted by molar-refractivity contribution is -0.605. The molecule has 0 saturated heterocycles. The fourth-order valence-corrected chi connectivity index (χ4v) is 5.57. The Morgan fingerprint density at radius 1 is 1.14 bits per heavy atom. The zero-order chi connectivity index (χ0) is 31.1. The van der Waals surface area contributed by atoms with E-state index in [1.54, 1.807) is 12.1 Å². The van der Waals surface area contributed by atoms with Crippen molar-refractivity contribution in [2.75, 3.05) is 19.4 Å². The molecular formula is C28H27Cl2F2N2O7S2-. The monoisotopic (exact) mass is 675 g/mol. The molecular weight excluding hydrogens is 649 g/mol. The van der Waals surface area contributed by atoms with Crippen LogP contribution in [0.25, 0.3) is 0 Å². The highest BCUT2D eigenvalue weighted by molar-refractivity contribution is 7.98. The lowest BCUT2D eigenvalue weighted by atomic mass is 10.0. The summed E-state index contributed by atoms with van der Waals surface area (Å²) in [7, 11) is 0. The first-order chi connectivity index (χ1) is 20.5. The van der Waals surface area contributed by atoms with Crippen LogP contribution < -0.4 is 14.2 Å². The van der Waals surface area contributed by atoms with Crippen molar-refractivity contribution in [1.82, 2.24) is 4.31 Å². The van der Waals surface area contributed by atoms with Crippen LogP contribution >= 0.6 is 35.0 Å². The van der Waals surface area contributed by atoms with Gasteiger partial charge in [0.05, 0.1) is 6.61 Å². The third-order valence-corrected chi connectivity index (χ3v) is 8.56. The predicted molar refractivity (Wildman–Crippen MR) is 157 cm³/mol. The lowest BCUT2D eigenvalue weighted by Crippen LogP contribution is -2.33. The van der Waals surface area contributed by atoms with Gasteiger partial charge in [0.1, 0.15) is 22.7 Å². The second-order valence-electron chi connectivity index (χ2n) is 9.68. The van der Waals surface area contributed by atoms with Crippen LogP contribution in [0.2, 0.25) is 10.0 Å². The third kappa shape index (κ3) is 9.91. The second kappa shape index (κ2) is 15.4. The Labute approximate surface area is 264 Å². The Hall–Kier alpha value is -2.68. The molecule has 2 aromatic carbocycles. The van der Waals surface area contributed by atoms with Gasteiger partial charge in [-0.15, -0.1) is 11.8 Å². The third-order valence-electron chi connectivity index (χ3n) is 6.48. The first kappa shape index (κ1) is 33.2. The molecule has 1 aliphatic rings. The summed E-state index contributed by atoms with van der Waals surface area (Å²) in [5.74, 6) is -0.781. The number of halogens is 4. The first-order valence-electron chi connectivity index (χ1n) is 13.0. The molecule has 2 unspecified atom stereocenters. The quantitative estimate of drug-likeness (QED) is 0.0647. The van der Waals surface area contributed by atoms with Crippen molar-refractivity contribution >= 4 is 52.2 Å². The highest BCUT2D eigenvalue weighted by Gasteiger charge is 2.27. The molecule has 0 spiro atoms. The average Bonchev–Trinajstić information content (AvgIpc) is 3.78. The molecule has 0 aliphatic heterocycles. The van der Waals surface area contributed by atoms with Crippen LogP contribution in [0.15, 0.2) is 59.8 Å². The van der Waals surface area contributed by atoms with Crippen molar-refractivity contribution in [3.8, 4) is 11.5 Å².